The number of carbonyl (C=O) groups excluding carboxylic acids is 2. The Morgan fingerprint density at radius 3 is 2.86 bits per heavy atom. The van der Waals surface area contributed by atoms with E-state index < -0.39 is 11.9 Å². The molecule has 1 aliphatic rings. The van der Waals surface area contributed by atoms with Crippen LogP contribution in [0.25, 0.3) is 10.9 Å². The van der Waals surface area contributed by atoms with Crippen molar-refractivity contribution in [2.75, 3.05) is 0 Å². The highest BCUT2D eigenvalue weighted by Gasteiger charge is 2.28. The second kappa shape index (κ2) is 4.69. The van der Waals surface area contributed by atoms with E-state index in [1.165, 1.54) is 4.68 Å². The number of piperidine rings is 1. The molecule has 7 heteroatoms. The van der Waals surface area contributed by atoms with Gasteiger partial charge in [-0.1, -0.05) is 12.1 Å². The van der Waals surface area contributed by atoms with Crippen molar-refractivity contribution in [2.45, 2.75) is 18.8 Å². The van der Waals surface area contributed by atoms with Crippen LogP contribution in [0.15, 0.2) is 18.2 Å². The van der Waals surface area contributed by atoms with Crippen molar-refractivity contribution < 1.29 is 19.5 Å². The molecule has 3 rings (SSSR count). The number of hydrogen-bond donors (Lipinski definition) is 2. The molecule has 1 atom stereocenters. The van der Waals surface area contributed by atoms with Gasteiger partial charge in [-0.15, -0.1) is 0 Å². The third-order valence-corrected chi connectivity index (χ3v) is 3.70. The summed E-state index contributed by atoms with van der Waals surface area (Å²) in [4.78, 5) is 34.3. The molecule has 21 heavy (non-hydrogen) atoms. The number of rotatable bonds is 2. The number of amides is 2. The smallest absolute Gasteiger partial charge is 0.354 e. The first-order valence-corrected chi connectivity index (χ1v) is 6.51. The number of aromatic carboxylic acids is 1. The fraction of sp³-hybridized carbons (Fsp3) is 0.286. The summed E-state index contributed by atoms with van der Waals surface area (Å²) >= 11 is 0. The second-order valence-corrected chi connectivity index (χ2v) is 5.06. The number of aromatic nitrogens is 2. The molecule has 2 heterocycles. The molecule has 0 radical (unpaired) electrons. The Morgan fingerprint density at radius 2 is 2.19 bits per heavy atom. The molecule has 0 aliphatic carbocycles. The molecule has 7 nitrogen and oxygen atoms in total. The summed E-state index contributed by atoms with van der Waals surface area (Å²) in [7, 11) is 1.56. The van der Waals surface area contributed by atoms with Crippen molar-refractivity contribution in [1.82, 2.24) is 15.1 Å². The predicted molar refractivity (Wildman–Crippen MR) is 72.8 cm³/mol. The molecule has 1 unspecified atom stereocenters. The van der Waals surface area contributed by atoms with Crippen LogP contribution in [-0.2, 0) is 16.6 Å². The minimum Gasteiger partial charge on any atom is -0.477 e. The molecule has 1 aromatic carbocycles. The number of nitrogens with one attached hydrogen (secondary N) is 1. The molecule has 0 spiro atoms. The first kappa shape index (κ1) is 13.3. The van der Waals surface area contributed by atoms with Gasteiger partial charge in [-0.2, -0.15) is 5.10 Å². The first-order valence-electron chi connectivity index (χ1n) is 6.51. The van der Waals surface area contributed by atoms with E-state index in [0.29, 0.717) is 23.7 Å². The van der Waals surface area contributed by atoms with E-state index in [-0.39, 0.29) is 17.5 Å². The molecule has 2 N–H and O–H groups in total. The summed E-state index contributed by atoms with van der Waals surface area (Å²) in [6.07, 6.45) is 0.756. The molecule has 0 bridgehead atoms. The monoisotopic (exact) mass is 287 g/mol. The van der Waals surface area contributed by atoms with Gasteiger partial charge in [0.1, 0.15) is 0 Å². The third-order valence-electron chi connectivity index (χ3n) is 3.70. The van der Waals surface area contributed by atoms with Crippen LogP contribution in [0.4, 0.5) is 0 Å². The average Bonchev–Trinajstić information content (AvgIpc) is 2.73. The lowest BCUT2D eigenvalue weighted by atomic mass is 9.90. The zero-order valence-electron chi connectivity index (χ0n) is 11.3. The minimum atomic E-state index is -1.05. The van der Waals surface area contributed by atoms with Crippen molar-refractivity contribution in [3.8, 4) is 0 Å². The van der Waals surface area contributed by atoms with Gasteiger partial charge in [-0.3, -0.25) is 19.6 Å². The molecule has 2 aromatic rings. The van der Waals surface area contributed by atoms with Gasteiger partial charge in [-0.25, -0.2) is 4.79 Å². The molecule has 108 valence electrons. The first-order chi connectivity index (χ1) is 9.97. The number of fused-ring (bicyclic) bond motifs is 1. The van der Waals surface area contributed by atoms with E-state index in [1.807, 2.05) is 0 Å². The Hall–Kier alpha value is -2.70. The number of hydrogen-bond acceptors (Lipinski definition) is 4. The molecule has 1 aliphatic heterocycles. The molecule has 1 saturated heterocycles. The van der Waals surface area contributed by atoms with Crippen LogP contribution in [0.1, 0.15) is 34.8 Å². The van der Waals surface area contributed by atoms with E-state index in [0.717, 1.165) is 5.56 Å². The summed E-state index contributed by atoms with van der Waals surface area (Å²) in [6, 6.07) is 5.09. The standard InChI is InChI=1S/C14H13N3O4/c1-17-12(14(20)21)9-3-2-7(6-10(9)16-17)8-4-5-11(18)15-13(8)19/h2-3,6,8H,4-5H2,1H3,(H,20,21)(H,15,18,19). The van der Waals surface area contributed by atoms with E-state index in [2.05, 4.69) is 10.4 Å². The van der Waals surface area contributed by atoms with Gasteiger partial charge in [0.05, 0.1) is 11.4 Å². The van der Waals surface area contributed by atoms with Crippen LogP contribution in [0.5, 0.6) is 0 Å². The van der Waals surface area contributed by atoms with E-state index in [4.69, 9.17) is 0 Å². The SMILES string of the molecule is Cn1nc2cc(C3CCC(=O)NC3=O)ccc2c1C(=O)O. The molecule has 2 amide bonds. The summed E-state index contributed by atoms with van der Waals surface area (Å²) in [5.41, 5.74) is 1.37. The van der Waals surface area contributed by atoms with Crippen molar-refractivity contribution >= 4 is 28.7 Å². The number of nitrogens with zero attached hydrogens (tertiary/aromatic N) is 2. The van der Waals surface area contributed by atoms with Crippen molar-refractivity contribution in [1.29, 1.82) is 0 Å². The lowest BCUT2D eigenvalue weighted by Crippen LogP contribution is -2.39. The Morgan fingerprint density at radius 1 is 1.43 bits per heavy atom. The Labute approximate surface area is 119 Å². The van der Waals surface area contributed by atoms with Gasteiger partial charge >= 0.3 is 5.97 Å². The molecule has 1 aromatic heterocycles. The summed E-state index contributed by atoms with van der Waals surface area (Å²) < 4.78 is 1.31. The Kier molecular flexibility index (Phi) is 2.97. The maximum atomic E-state index is 11.9. The van der Waals surface area contributed by atoms with E-state index in [9.17, 15) is 19.5 Å². The summed E-state index contributed by atoms with van der Waals surface area (Å²) in [5.74, 6) is -2.03. The van der Waals surface area contributed by atoms with Crippen LogP contribution in [0.2, 0.25) is 0 Å². The Bertz CT molecular complexity index is 778. The van der Waals surface area contributed by atoms with Gasteiger partial charge in [0.15, 0.2) is 5.69 Å². The average molecular weight is 287 g/mol. The van der Waals surface area contributed by atoms with Gasteiger partial charge < -0.3 is 5.11 Å². The van der Waals surface area contributed by atoms with Crippen LogP contribution >= 0.6 is 0 Å². The highest BCUT2D eigenvalue weighted by molar-refractivity contribution is 6.03. The van der Waals surface area contributed by atoms with Crippen LogP contribution in [0, 0.1) is 0 Å². The molecule has 1 fully saturated rings. The number of carbonyl (C=O) groups is 3. The predicted octanol–water partition coefficient (Wildman–Crippen LogP) is 0.792. The zero-order chi connectivity index (χ0) is 15.1. The van der Waals surface area contributed by atoms with Crippen molar-refractivity contribution in [3.05, 3.63) is 29.5 Å². The maximum Gasteiger partial charge on any atom is 0.354 e. The fourth-order valence-corrected chi connectivity index (χ4v) is 2.70. The van der Waals surface area contributed by atoms with Gasteiger partial charge in [0, 0.05) is 18.9 Å². The summed E-state index contributed by atoms with van der Waals surface area (Å²) in [5, 5.41) is 16.2. The largest absolute Gasteiger partial charge is 0.477 e. The third kappa shape index (κ3) is 2.16. The number of imide groups is 1. The van der Waals surface area contributed by atoms with E-state index >= 15 is 0 Å². The molecular weight excluding hydrogens is 274 g/mol. The van der Waals surface area contributed by atoms with E-state index in [1.54, 1.807) is 25.2 Å². The summed E-state index contributed by atoms with van der Waals surface area (Å²) in [6.45, 7) is 0. The minimum absolute atomic E-state index is 0.111. The van der Waals surface area contributed by atoms with Crippen molar-refractivity contribution in [2.24, 2.45) is 7.05 Å². The van der Waals surface area contributed by atoms with Gasteiger partial charge in [0.2, 0.25) is 11.8 Å². The highest BCUT2D eigenvalue weighted by atomic mass is 16.4. The number of carboxylic acids is 1. The number of aryl methyl sites for hydroxylation is 1. The van der Waals surface area contributed by atoms with Crippen LogP contribution < -0.4 is 5.32 Å². The zero-order valence-corrected chi connectivity index (χ0v) is 11.3. The molecular formula is C14H13N3O4. The topological polar surface area (TPSA) is 101 Å². The Balaban J connectivity index is 2.04. The number of benzene rings is 1. The fourth-order valence-electron chi connectivity index (χ4n) is 2.70. The van der Waals surface area contributed by atoms with Gasteiger partial charge in [0.25, 0.3) is 0 Å². The second-order valence-electron chi connectivity index (χ2n) is 5.06. The maximum absolute atomic E-state index is 11.9. The van der Waals surface area contributed by atoms with Crippen LogP contribution in [-0.4, -0.2) is 32.7 Å². The quantitative estimate of drug-likeness (QED) is 0.795. The molecule has 0 saturated carbocycles. The van der Waals surface area contributed by atoms with Crippen molar-refractivity contribution in [3.63, 3.8) is 0 Å². The lowest BCUT2D eigenvalue weighted by molar-refractivity contribution is -0.134. The normalized spacial score (nSPS) is 18.8. The highest BCUT2D eigenvalue weighted by Crippen LogP contribution is 2.28. The van der Waals surface area contributed by atoms with Crippen LogP contribution in [0.3, 0.4) is 0 Å². The lowest BCUT2D eigenvalue weighted by Gasteiger charge is -2.20. The number of carboxylic acid groups (broad SMARTS) is 1. The van der Waals surface area contributed by atoms with Gasteiger partial charge in [-0.05, 0) is 18.1 Å².